The predicted octanol–water partition coefficient (Wildman–Crippen LogP) is 1.95. The van der Waals surface area contributed by atoms with Gasteiger partial charge in [0.2, 0.25) is 0 Å². The smallest absolute Gasteiger partial charge is 0.331 e. The first kappa shape index (κ1) is 17.5. The van der Waals surface area contributed by atoms with Gasteiger partial charge in [-0.05, 0) is 25.0 Å². The molecule has 10 heteroatoms. The van der Waals surface area contributed by atoms with Gasteiger partial charge in [0.1, 0.15) is 17.5 Å². The van der Waals surface area contributed by atoms with E-state index in [-0.39, 0.29) is 11.7 Å². The summed E-state index contributed by atoms with van der Waals surface area (Å²) in [5.74, 6) is -1.69. The minimum absolute atomic E-state index is 0.251. The van der Waals surface area contributed by atoms with Crippen LogP contribution in [0.3, 0.4) is 0 Å². The number of nitrogens with one attached hydrogen (secondary N) is 1. The number of benzene rings is 1. The number of urea groups is 1. The summed E-state index contributed by atoms with van der Waals surface area (Å²) in [5, 5.41) is 9.26. The fourth-order valence-electron chi connectivity index (χ4n) is 2.42. The fraction of sp³-hybridized carbons (Fsp3) is 0.312. The molecule has 2 heterocycles. The van der Waals surface area contributed by atoms with Crippen LogP contribution < -0.4 is 19.7 Å². The van der Waals surface area contributed by atoms with E-state index >= 15 is 0 Å². The number of carbonyl (C=O) groups is 2. The Hall–Kier alpha value is -3.30. The van der Waals surface area contributed by atoms with E-state index in [0.717, 1.165) is 5.56 Å². The zero-order valence-corrected chi connectivity index (χ0v) is 14.3. The van der Waals surface area contributed by atoms with Crippen LogP contribution in [0.1, 0.15) is 18.9 Å². The van der Waals surface area contributed by atoms with E-state index in [9.17, 15) is 14.0 Å². The molecule has 1 N–H and O–H groups in total. The van der Waals surface area contributed by atoms with Gasteiger partial charge in [0.25, 0.3) is 23.7 Å². The molecule has 0 spiro atoms. The van der Waals surface area contributed by atoms with Gasteiger partial charge in [-0.3, -0.25) is 4.79 Å². The number of halogens is 1. The Labute approximate surface area is 148 Å². The maximum atomic E-state index is 13.9. The highest BCUT2D eigenvalue weighted by Crippen LogP contribution is 2.28. The van der Waals surface area contributed by atoms with Crippen molar-refractivity contribution < 1.29 is 23.5 Å². The number of hydrogen-bond donors (Lipinski definition) is 1. The van der Waals surface area contributed by atoms with Crippen molar-refractivity contribution in [1.29, 1.82) is 0 Å². The van der Waals surface area contributed by atoms with Crippen LogP contribution >= 0.6 is 0 Å². The van der Waals surface area contributed by atoms with E-state index in [1.165, 1.54) is 7.11 Å². The minimum Gasteiger partial charge on any atom is -0.496 e. The maximum Gasteiger partial charge on any atom is 0.331 e. The number of imide groups is 1. The first-order valence-electron chi connectivity index (χ1n) is 7.81. The molecule has 9 nitrogen and oxygen atoms in total. The van der Waals surface area contributed by atoms with Crippen LogP contribution in [0.4, 0.5) is 15.1 Å². The highest BCUT2D eigenvalue weighted by Gasteiger charge is 2.40. The number of anilines is 1. The lowest BCUT2D eigenvalue weighted by atomic mass is 10.2. The molecule has 0 bridgehead atoms. The second kappa shape index (κ2) is 6.90. The average molecular weight is 361 g/mol. The van der Waals surface area contributed by atoms with Gasteiger partial charge in [-0.25, -0.2) is 4.79 Å². The van der Waals surface area contributed by atoms with Gasteiger partial charge in [-0.15, -0.1) is 10.2 Å². The molecular formula is C16H16FN5O4. The molecule has 136 valence electrons. The first-order valence-corrected chi connectivity index (χ1v) is 7.81. The SMILES string of the molecule is CC[C@H]1NC(=O)N(c2nnc(F)c(Oc3ccc(C)c(OC)c3)n2)C1=O. The van der Waals surface area contributed by atoms with Gasteiger partial charge in [0, 0.05) is 6.07 Å². The van der Waals surface area contributed by atoms with Crippen LogP contribution in [0.15, 0.2) is 18.2 Å². The fourth-order valence-corrected chi connectivity index (χ4v) is 2.42. The monoisotopic (exact) mass is 361 g/mol. The molecule has 1 fully saturated rings. The molecule has 0 aliphatic carbocycles. The quantitative estimate of drug-likeness (QED) is 0.811. The van der Waals surface area contributed by atoms with Gasteiger partial charge in [0.05, 0.1) is 7.11 Å². The maximum absolute atomic E-state index is 13.9. The van der Waals surface area contributed by atoms with Gasteiger partial charge in [0.15, 0.2) is 0 Å². The summed E-state index contributed by atoms with van der Waals surface area (Å²) in [5.41, 5.74) is 0.867. The van der Waals surface area contributed by atoms with E-state index in [1.807, 2.05) is 6.92 Å². The molecule has 1 aromatic carbocycles. The number of aryl methyl sites for hydroxylation is 1. The Bertz CT molecular complexity index is 876. The Morgan fingerprint density at radius 2 is 2.08 bits per heavy atom. The van der Waals surface area contributed by atoms with Crippen LogP contribution in [0, 0.1) is 12.9 Å². The van der Waals surface area contributed by atoms with Gasteiger partial charge >= 0.3 is 6.03 Å². The minimum atomic E-state index is -1.08. The Kier molecular flexibility index (Phi) is 4.65. The summed E-state index contributed by atoms with van der Waals surface area (Å²) >= 11 is 0. The topological polar surface area (TPSA) is 107 Å². The summed E-state index contributed by atoms with van der Waals surface area (Å²) in [6, 6.07) is 3.50. The second-order valence-electron chi connectivity index (χ2n) is 5.53. The Balaban J connectivity index is 1.91. The number of ether oxygens (including phenoxy) is 2. The van der Waals surface area contributed by atoms with E-state index in [1.54, 1.807) is 25.1 Å². The number of amides is 3. The normalized spacial score (nSPS) is 16.6. The highest BCUT2D eigenvalue weighted by molar-refractivity contribution is 6.20. The molecule has 1 aliphatic heterocycles. The van der Waals surface area contributed by atoms with Crippen LogP contribution in [0.2, 0.25) is 0 Å². The molecule has 1 atom stereocenters. The summed E-state index contributed by atoms with van der Waals surface area (Å²) in [6.45, 7) is 3.59. The van der Waals surface area contributed by atoms with E-state index in [4.69, 9.17) is 9.47 Å². The number of carbonyl (C=O) groups excluding carboxylic acids is 2. The second-order valence-corrected chi connectivity index (χ2v) is 5.53. The number of rotatable bonds is 5. The van der Waals surface area contributed by atoms with Crippen LogP contribution in [0.5, 0.6) is 17.4 Å². The van der Waals surface area contributed by atoms with Crippen molar-refractivity contribution >= 4 is 17.9 Å². The van der Waals surface area contributed by atoms with E-state index < -0.39 is 29.8 Å². The predicted molar refractivity (Wildman–Crippen MR) is 87.7 cm³/mol. The third kappa shape index (κ3) is 3.13. The van der Waals surface area contributed by atoms with Gasteiger partial charge < -0.3 is 14.8 Å². The largest absolute Gasteiger partial charge is 0.496 e. The van der Waals surface area contributed by atoms with Crippen molar-refractivity contribution in [2.24, 2.45) is 0 Å². The first-order chi connectivity index (χ1) is 12.4. The lowest BCUT2D eigenvalue weighted by Gasteiger charge is -2.12. The lowest BCUT2D eigenvalue weighted by Crippen LogP contribution is -2.33. The molecule has 1 saturated heterocycles. The average Bonchev–Trinajstić information content (AvgIpc) is 2.92. The summed E-state index contributed by atoms with van der Waals surface area (Å²) < 4.78 is 24.5. The highest BCUT2D eigenvalue weighted by atomic mass is 19.1. The van der Waals surface area contributed by atoms with E-state index in [0.29, 0.717) is 17.1 Å². The molecule has 26 heavy (non-hydrogen) atoms. The molecule has 0 radical (unpaired) electrons. The van der Waals surface area contributed by atoms with Crippen molar-refractivity contribution in [2.45, 2.75) is 26.3 Å². The molecule has 0 saturated carbocycles. The zero-order valence-electron chi connectivity index (χ0n) is 14.3. The van der Waals surface area contributed by atoms with Crippen LogP contribution in [-0.4, -0.2) is 40.3 Å². The van der Waals surface area contributed by atoms with Crippen molar-refractivity contribution in [2.75, 3.05) is 12.0 Å². The number of hydrogen-bond acceptors (Lipinski definition) is 7. The molecule has 1 aromatic heterocycles. The lowest BCUT2D eigenvalue weighted by molar-refractivity contribution is -0.118. The standard InChI is InChI=1S/C16H16FN5O4/c1-4-10-14(23)22(16(24)18-10)15-19-13(12(17)20-21-15)26-9-6-5-8(2)11(7-9)25-3/h5-7,10H,4H2,1-3H3,(H,18,24)/t10-/m1/s1. The number of aromatic nitrogens is 3. The summed E-state index contributed by atoms with van der Waals surface area (Å²) in [6.07, 6.45) is 0.405. The molecular weight excluding hydrogens is 345 g/mol. The Morgan fingerprint density at radius 1 is 1.31 bits per heavy atom. The third-order valence-electron chi connectivity index (χ3n) is 3.83. The number of methoxy groups -OCH3 is 1. The van der Waals surface area contributed by atoms with Crippen molar-refractivity contribution in [3.63, 3.8) is 0 Å². The summed E-state index contributed by atoms with van der Waals surface area (Å²) in [4.78, 5) is 28.7. The third-order valence-corrected chi connectivity index (χ3v) is 3.83. The Morgan fingerprint density at radius 3 is 2.73 bits per heavy atom. The molecule has 3 amide bonds. The van der Waals surface area contributed by atoms with Crippen molar-refractivity contribution in [3.05, 3.63) is 29.7 Å². The van der Waals surface area contributed by atoms with E-state index in [2.05, 4.69) is 20.5 Å². The van der Waals surface area contributed by atoms with Gasteiger partial charge in [-0.2, -0.15) is 14.3 Å². The van der Waals surface area contributed by atoms with Crippen LogP contribution in [-0.2, 0) is 4.79 Å². The van der Waals surface area contributed by atoms with Crippen molar-refractivity contribution in [1.82, 2.24) is 20.5 Å². The summed E-state index contributed by atoms with van der Waals surface area (Å²) in [7, 11) is 1.50. The zero-order chi connectivity index (χ0) is 18.8. The molecule has 0 unspecified atom stereocenters. The number of nitrogens with zero attached hydrogens (tertiary/aromatic N) is 4. The molecule has 3 rings (SSSR count). The molecule has 2 aromatic rings. The van der Waals surface area contributed by atoms with Gasteiger partial charge in [-0.1, -0.05) is 13.0 Å². The van der Waals surface area contributed by atoms with Crippen LogP contribution in [0.25, 0.3) is 0 Å². The van der Waals surface area contributed by atoms with Crippen molar-refractivity contribution in [3.8, 4) is 17.4 Å². The molecule has 1 aliphatic rings.